The zero-order valence-electron chi connectivity index (χ0n) is 7.95. The van der Waals surface area contributed by atoms with Gasteiger partial charge in [-0.05, 0) is 6.42 Å². The lowest BCUT2D eigenvalue weighted by Gasteiger charge is -2.08. The second kappa shape index (κ2) is 5.94. The van der Waals surface area contributed by atoms with Gasteiger partial charge in [-0.15, -0.1) is 0 Å². The number of ether oxygens (including phenoxy) is 3. The van der Waals surface area contributed by atoms with E-state index in [1.807, 2.05) is 6.92 Å². The first-order valence-electron chi connectivity index (χ1n) is 4.71. The molecule has 0 atom stereocenters. The molecular weight excluding hydrogens is 172 g/mol. The zero-order chi connectivity index (χ0) is 9.52. The van der Waals surface area contributed by atoms with E-state index in [1.54, 1.807) is 0 Å². The first-order valence-corrected chi connectivity index (χ1v) is 4.71. The standard InChI is InChI=1S/C9H16O4/c1-2-3-8(10)11-5-4-9-12-6-7-13-9/h9H,2-7H2,1H3. The second-order valence-corrected chi connectivity index (χ2v) is 2.93. The van der Waals surface area contributed by atoms with Crippen molar-refractivity contribution >= 4 is 5.97 Å². The van der Waals surface area contributed by atoms with Crippen molar-refractivity contribution in [3.63, 3.8) is 0 Å². The quantitative estimate of drug-likeness (QED) is 0.606. The van der Waals surface area contributed by atoms with Crippen molar-refractivity contribution in [2.75, 3.05) is 19.8 Å². The lowest BCUT2D eigenvalue weighted by molar-refractivity contribution is -0.146. The van der Waals surface area contributed by atoms with E-state index < -0.39 is 0 Å². The van der Waals surface area contributed by atoms with Gasteiger partial charge in [0, 0.05) is 12.8 Å². The molecule has 0 aromatic heterocycles. The SMILES string of the molecule is CCCC(=O)OCCC1OCCO1. The molecule has 0 saturated carbocycles. The maximum Gasteiger partial charge on any atom is 0.305 e. The van der Waals surface area contributed by atoms with E-state index in [2.05, 4.69) is 0 Å². The number of esters is 1. The molecule has 4 nitrogen and oxygen atoms in total. The highest BCUT2D eigenvalue weighted by Gasteiger charge is 2.15. The molecule has 0 aromatic carbocycles. The summed E-state index contributed by atoms with van der Waals surface area (Å²) in [6, 6.07) is 0. The molecule has 0 unspecified atom stereocenters. The van der Waals surface area contributed by atoms with Crippen LogP contribution in [-0.4, -0.2) is 32.1 Å². The normalized spacial score (nSPS) is 17.6. The Balaban J connectivity index is 1.96. The molecule has 0 N–H and O–H groups in total. The molecule has 1 saturated heterocycles. The van der Waals surface area contributed by atoms with E-state index in [4.69, 9.17) is 14.2 Å². The van der Waals surface area contributed by atoms with Crippen LogP contribution in [0.5, 0.6) is 0 Å². The van der Waals surface area contributed by atoms with Crippen LogP contribution >= 0.6 is 0 Å². The summed E-state index contributed by atoms with van der Waals surface area (Å²) in [4.78, 5) is 10.9. The van der Waals surface area contributed by atoms with E-state index in [1.165, 1.54) is 0 Å². The zero-order valence-corrected chi connectivity index (χ0v) is 7.95. The fourth-order valence-corrected chi connectivity index (χ4v) is 1.12. The van der Waals surface area contributed by atoms with Gasteiger partial charge in [0.05, 0.1) is 19.8 Å². The van der Waals surface area contributed by atoms with Crippen LogP contribution < -0.4 is 0 Å². The molecule has 76 valence electrons. The fourth-order valence-electron chi connectivity index (χ4n) is 1.12. The lowest BCUT2D eigenvalue weighted by atomic mass is 10.3. The molecule has 13 heavy (non-hydrogen) atoms. The fraction of sp³-hybridized carbons (Fsp3) is 0.889. The summed E-state index contributed by atoms with van der Waals surface area (Å²) in [7, 11) is 0. The molecule has 0 spiro atoms. The lowest BCUT2D eigenvalue weighted by Crippen LogP contribution is -2.13. The number of hydrogen-bond acceptors (Lipinski definition) is 4. The van der Waals surface area contributed by atoms with Crippen LogP contribution in [0.15, 0.2) is 0 Å². The van der Waals surface area contributed by atoms with Crippen LogP contribution in [0.25, 0.3) is 0 Å². The Morgan fingerprint density at radius 2 is 2.15 bits per heavy atom. The Labute approximate surface area is 78.2 Å². The van der Waals surface area contributed by atoms with Crippen molar-refractivity contribution in [1.29, 1.82) is 0 Å². The second-order valence-electron chi connectivity index (χ2n) is 2.93. The molecule has 0 aromatic rings. The Morgan fingerprint density at radius 3 is 2.77 bits per heavy atom. The number of carbonyl (C=O) groups excluding carboxylic acids is 1. The van der Waals surface area contributed by atoms with Crippen LogP contribution in [-0.2, 0) is 19.0 Å². The molecule has 0 radical (unpaired) electrons. The molecule has 1 fully saturated rings. The maximum atomic E-state index is 10.9. The average molecular weight is 188 g/mol. The van der Waals surface area contributed by atoms with Crippen molar-refractivity contribution in [3.05, 3.63) is 0 Å². The van der Waals surface area contributed by atoms with E-state index in [-0.39, 0.29) is 12.3 Å². The molecule has 1 rings (SSSR count). The van der Waals surface area contributed by atoms with E-state index in [0.717, 1.165) is 6.42 Å². The Morgan fingerprint density at radius 1 is 1.46 bits per heavy atom. The van der Waals surface area contributed by atoms with E-state index in [0.29, 0.717) is 32.7 Å². The highest BCUT2D eigenvalue weighted by molar-refractivity contribution is 5.69. The van der Waals surface area contributed by atoms with Gasteiger partial charge in [-0.1, -0.05) is 6.92 Å². The van der Waals surface area contributed by atoms with Crippen LogP contribution in [0, 0.1) is 0 Å². The summed E-state index contributed by atoms with van der Waals surface area (Å²) in [6.45, 7) is 3.63. The minimum Gasteiger partial charge on any atom is -0.465 e. The Bertz CT molecular complexity index is 152. The first-order chi connectivity index (χ1) is 6.33. The van der Waals surface area contributed by atoms with Gasteiger partial charge in [0.15, 0.2) is 6.29 Å². The number of hydrogen-bond donors (Lipinski definition) is 0. The minimum atomic E-state index is -0.172. The van der Waals surface area contributed by atoms with Gasteiger partial charge in [-0.3, -0.25) is 4.79 Å². The molecule has 0 aliphatic carbocycles. The Kier molecular flexibility index (Phi) is 4.78. The minimum absolute atomic E-state index is 0.138. The largest absolute Gasteiger partial charge is 0.465 e. The highest BCUT2D eigenvalue weighted by atomic mass is 16.7. The monoisotopic (exact) mass is 188 g/mol. The molecule has 1 aliphatic rings. The molecular formula is C9H16O4. The third kappa shape index (κ3) is 4.24. The summed E-state index contributed by atoms with van der Waals surface area (Å²) in [5, 5.41) is 0. The van der Waals surface area contributed by atoms with Gasteiger partial charge in [0.1, 0.15) is 0 Å². The third-order valence-electron chi connectivity index (χ3n) is 1.76. The summed E-state index contributed by atoms with van der Waals surface area (Å²) < 4.78 is 15.3. The van der Waals surface area contributed by atoms with Crippen molar-refractivity contribution in [2.24, 2.45) is 0 Å². The van der Waals surface area contributed by atoms with Crippen LogP contribution in [0.4, 0.5) is 0 Å². The predicted molar refractivity (Wildman–Crippen MR) is 46.2 cm³/mol. The summed E-state index contributed by atoms with van der Waals surface area (Å²) in [5.41, 5.74) is 0. The van der Waals surface area contributed by atoms with Crippen LogP contribution in [0.3, 0.4) is 0 Å². The van der Waals surface area contributed by atoms with Crippen molar-refractivity contribution in [3.8, 4) is 0 Å². The summed E-state index contributed by atoms with van der Waals surface area (Å²) >= 11 is 0. The van der Waals surface area contributed by atoms with Gasteiger partial charge >= 0.3 is 5.97 Å². The van der Waals surface area contributed by atoms with Gasteiger partial charge in [0.2, 0.25) is 0 Å². The van der Waals surface area contributed by atoms with Crippen molar-refractivity contribution in [2.45, 2.75) is 32.5 Å². The van der Waals surface area contributed by atoms with Crippen molar-refractivity contribution < 1.29 is 19.0 Å². The maximum absolute atomic E-state index is 10.9. The number of rotatable bonds is 5. The Hall–Kier alpha value is -0.610. The first kappa shape index (κ1) is 10.5. The third-order valence-corrected chi connectivity index (χ3v) is 1.76. The van der Waals surface area contributed by atoms with Gasteiger partial charge < -0.3 is 14.2 Å². The van der Waals surface area contributed by atoms with Gasteiger partial charge in [0.25, 0.3) is 0 Å². The summed E-state index contributed by atoms with van der Waals surface area (Å²) in [6.07, 6.45) is 1.78. The van der Waals surface area contributed by atoms with Crippen LogP contribution in [0.1, 0.15) is 26.2 Å². The van der Waals surface area contributed by atoms with Gasteiger partial charge in [-0.25, -0.2) is 0 Å². The van der Waals surface area contributed by atoms with Crippen LogP contribution in [0.2, 0.25) is 0 Å². The molecule has 1 heterocycles. The van der Waals surface area contributed by atoms with E-state index >= 15 is 0 Å². The predicted octanol–water partition coefficient (Wildman–Crippen LogP) is 1.09. The highest BCUT2D eigenvalue weighted by Crippen LogP contribution is 2.07. The molecule has 1 aliphatic heterocycles. The van der Waals surface area contributed by atoms with Crippen molar-refractivity contribution in [1.82, 2.24) is 0 Å². The van der Waals surface area contributed by atoms with E-state index in [9.17, 15) is 4.79 Å². The topological polar surface area (TPSA) is 44.8 Å². The smallest absolute Gasteiger partial charge is 0.305 e. The molecule has 0 amide bonds. The molecule has 4 heteroatoms. The number of carbonyl (C=O) groups is 1. The van der Waals surface area contributed by atoms with Gasteiger partial charge in [-0.2, -0.15) is 0 Å². The average Bonchev–Trinajstić information content (AvgIpc) is 2.57. The summed E-state index contributed by atoms with van der Waals surface area (Å²) in [5.74, 6) is -0.138. The molecule has 0 bridgehead atoms.